The molecular weight excluding hydrogens is 246 g/mol. The van der Waals surface area contributed by atoms with Crippen LogP contribution in [0.15, 0.2) is 0 Å². The standard InChI is InChI=1S/C13H25N3O3/c1-16(9-11(17)15-7-8-19-2)12(18)13(10-14)5-3-4-6-13/h3-10,14H2,1-2H3,(H,15,17). The summed E-state index contributed by atoms with van der Waals surface area (Å²) in [6.45, 7) is 1.36. The summed E-state index contributed by atoms with van der Waals surface area (Å²) in [5.74, 6) is -0.174. The second-order valence-corrected chi connectivity index (χ2v) is 5.20. The van der Waals surface area contributed by atoms with Crippen LogP contribution in [-0.2, 0) is 14.3 Å². The lowest BCUT2D eigenvalue weighted by Gasteiger charge is -2.30. The molecule has 6 nitrogen and oxygen atoms in total. The van der Waals surface area contributed by atoms with E-state index in [0.717, 1.165) is 25.7 Å². The number of likely N-dealkylation sites (N-methyl/N-ethyl adjacent to an activating group) is 1. The number of methoxy groups -OCH3 is 1. The molecule has 1 aliphatic rings. The Kier molecular flexibility index (Phi) is 6.24. The van der Waals surface area contributed by atoms with Crippen LogP contribution in [0.4, 0.5) is 0 Å². The van der Waals surface area contributed by atoms with E-state index in [-0.39, 0.29) is 18.4 Å². The van der Waals surface area contributed by atoms with Gasteiger partial charge in [0, 0.05) is 27.2 Å². The van der Waals surface area contributed by atoms with Gasteiger partial charge in [-0.05, 0) is 12.8 Å². The van der Waals surface area contributed by atoms with Crippen molar-refractivity contribution in [3.05, 3.63) is 0 Å². The molecule has 0 aromatic heterocycles. The third kappa shape index (κ3) is 4.18. The normalized spacial score (nSPS) is 17.2. The number of rotatable bonds is 7. The van der Waals surface area contributed by atoms with Crippen LogP contribution in [0.3, 0.4) is 0 Å². The van der Waals surface area contributed by atoms with E-state index in [9.17, 15) is 9.59 Å². The third-order valence-corrected chi connectivity index (χ3v) is 3.76. The van der Waals surface area contributed by atoms with E-state index in [4.69, 9.17) is 10.5 Å². The Hall–Kier alpha value is -1.14. The van der Waals surface area contributed by atoms with Gasteiger partial charge in [0.2, 0.25) is 11.8 Å². The summed E-state index contributed by atoms with van der Waals surface area (Å²) < 4.78 is 4.85. The van der Waals surface area contributed by atoms with Gasteiger partial charge in [-0.3, -0.25) is 9.59 Å². The first kappa shape index (κ1) is 15.9. The molecule has 1 fully saturated rings. The minimum absolute atomic E-state index is 0.00519. The quantitative estimate of drug-likeness (QED) is 0.624. The van der Waals surface area contributed by atoms with Crippen LogP contribution >= 0.6 is 0 Å². The Balaban J connectivity index is 2.45. The summed E-state index contributed by atoms with van der Waals surface area (Å²) in [6.07, 6.45) is 3.74. The van der Waals surface area contributed by atoms with E-state index in [1.165, 1.54) is 4.90 Å². The maximum Gasteiger partial charge on any atom is 0.239 e. The highest BCUT2D eigenvalue weighted by atomic mass is 16.5. The number of nitrogens with one attached hydrogen (secondary N) is 1. The van der Waals surface area contributed by atoms with Gasteiger partial charge in [0.05, 0.1) is 18.6 Å². The Labute approximate surface area is 114 Å². The van der Waals surface area contributed by atoms with Gasteiger partial charge in [0.15, 0.2) is 0 Å². The number of nitrogens with two attached hydrogens (primary N) is 1. The largest absolute Gasteiger partial charge is 0.383 e. The number of ether oxygens (including phenoxy) is 1. The summed E-state index contributed by atoms with van der Waals surface area (Å²) in [6, 6.07) is 0. The zero-order valence-corrected chi connectivity index (χ0v) is 11.9. The summed E-state index contributed by atoms with van der Waals surface area (Å²) in [5, 5.41) is 2.70. The molecule has 1 aliphatic carbocycles. The van der Waals surface area contributed by atoms with Crippen molar-refractivity contribution < 1.29 is 14.3 Å². The SMILES string of the molecule is COCCNC(=O)CN(C)C(=O)C1(CN)CCCC1. The van der Waals surface area contributed by atoms with Crippen molar-refractivity contribution in [3.63, 3.8) is 0 Å². The minimum Gasteiger partial charge on any atom is -0.383 e. The maximum absolute atomic E-state index is 12.4. The van der Waals surface area contributed by atoms with Gasteiger partial charge in [-0.25, -0.2) is 0 Å². The lowest BCUT2D eigenvalue weighted by molar-refractivity contribution is -0.143. The van der Waals surface area contributed by atoms with Crippen LogP contribution in [0.25, 0.3) is 0 Å². The average molecular weight is 271 g/mol. The fourth-order valence-corrected chi connectivity index (χ4v) is 2.60. The van der Waals surface area contributed by atoms with Crippen LogP contribution in [0, 0.1) is 5.41 Å². The molecule has 0 saturated heterocycles. The first-order valence-corrected chi connectivity index (χ1v) is 6.77. The third-order valence-electron chi connectivity index (χ3n) is 3.76. The highest BCUT2D eigenvalue weighted by molar-refractivity contribution is 5.88. The second kappa shape index (κ2) is 7.45. The van der Waals surface area contributed by atoms with E-state index in [0.29, 0.717) is 19.7 Å². The highest BCUT2D eigenvalue weighted by Gasteiger charge is 2.41. The van der Waals surface area contributed by atoms with Gasteiger partial charge in [0.25, 0.3) is 0 Å². The molecule has 0 aromatic rings. The fraction of sp³-hybridized carbons (Fsp3) is 0.846. The summed E-state index contributed by atoms with van der Waals surface area (Å²) in [4.78, 5) is 25.5. The van der Waals surface area contributed by atoms with E-state index >= 15 is 0 Å². The molecule has 3 N–H and O–H groups in total. The monoisotopic (exact) mass is 271 g/mol. The Morgan fingerprint density at radius 2 is 2.00 bits per heavy atom. The fourth-order valence-electron chi connectivity index (χ4n) is 2.60. The van der Waals surface area contributed by atoms with Crippen molar-refractivity contribution in [1.29, 1.82) is 0 Å². The summed E-state index contributed by atoms with van der Waals surface area (Å²) in [7, 11) is 3.24. The molecule has 0 spiro atoms. The molecule has 2 amide bonds. The zero-order valence-electron chi connectivity index (χ0n) is 11.9. The average Bonchev–Trinajstić information content (AvgIpc) is 2.88. The number of amides is 2. The van der Waals surface area contributed by atoms with E-state index in [1.54, 1.807) is 14.2 Å². The van der Waals surface area contributed by atoms with E-state index in [2.05, 4.69) is 5.32 Å². The molecule has 0 aliphatic heterocycles. The molecule has 0 unspecified atom stereocenters. The molecule has 0 heterocycles. The molecule has 0 aromatic carbocycles. The van der Waals surface area contributed by atoms with Crippen LogP contribution in [-0.4, -0.2) is 57.1 Å². The highest BCUT2D eigenvalue weighted by Crippen LogP contribution is 2.38. The molecule has 1 rings (SSSR count). The predicted molar refractivity (Wildman–Crippen MR) is 72.5 cm³/mol. The van der Waals surface area contributed by atoms with Crippen molar-refractivity contribution in [3.8, 4) is 0 Å². The maximum atomic E-state index is 12.4. The summed E-state index contributed by atoms with van der Waals surface area (Å²) in [5.41, 5.74) is 5.33. The first-order valence-electron chi connectivity index (χ1n) is 6.77. The minimum atomic E-state index is -0.443. The van der Waals surface area contributed by atoms with Crippen molar-refractivity contribution in [1.82, 2.24) is 10.2 Å². The number of carbonyl (C=O) groups excluding carboxylic acids is 2. The molecule has 0 atom stereocenters. The lowest BCUT2D eigenvalue weighted by atomic mass is 9.85. The Morgan fingerprint density at radius 1 is 1.37 bits per heavy atom. The Bertz CT molecular complexity index is 314. The predicted octanol–water partition coefficient (Wildman–Crippen LogP) is -0.273. The number of hydrogen-bond acceptors (Lipinski definition) is 4. The zero-order chi connectivity index (χ0) is 14.3. The van der Waals surface area contributed by atoms with Gasteiger partial charge in [-0.2, -0.15) is 0 Å². The van der Waals surface area contributed by atoms with Gasteiger partial charge in [-0.1, -0.05) is 12.8 Å². The van der Waals surface area contributed by atoms with Crippen LogP contribution < -0.4 is 11.1 Å². The smallest absolute Gasteiger partial charge is 0.239 e. The molecule has 1 saturated carbocycles. The number of hydrogen-bond donors (Lipinski definition) is 2. The van der Waals surface area contributed by atoms with Crippen LogP contribution in [0.1, 0.15) is 25.7 Å². The first-order chi connectivity index (χ1) is 9.05. The van der Waals surface area contributed by atoms with Crippen molar-refractivity contribution in [2.24, 2.45) is 11.1 Å². The van der Waals surface area contributed by atoms with E-state index < -0.39 is 5.41 Å². The molecule has 6 heteroatoms. The number of nitrogens with zero attached hydrogens (tertiary/aromatic N) is 1. The summed E-state index contributed by atoms with van der Waals surface area (Å²) >= 11 is 0. The van der Waals surface area contributed by atoms with Gasteiger partial charge >= 0.3 is 0 Å². The molecule has 0 bridgehead atoms. The van der Waals surface area contributed by atoms with Crippen LogP contribution in [0.5, 0.6) is 0 Å². The van der Waals surface area contributed by atoms with Gasteiger partial charge in [0.1, 0.15) is 0 Å². The van der Waals surface area contributed by atoms with Gasteiger partial charge in [-0.15, -0.1) is 0 Å². The second-order valence-electron chi connectivity index (χ2n) is 5.20. The van der Waals surface area contributed by atoms with Gasteiger partial charge < -0.3 is 20.7 Å². The lowest BCUT2D eigenvalue weighted by Crippen LogP contribution is -2.48. The Morgan fingerprint density at radius 3 is 2.53 bits per heavy atom. The number of carbonyl (C=O) groups is 2. The van der Waals surface area contributed by atoms with Crippen molar-refractivity contribution in [2.45, 2.75) is 25.7 Å². The van der Waals surface area contributed by atoms with Crippen LogP contribution in [0.2, 0.25) is 0 Å². The molecule has 0 radical (unpaired) electrons. The van der Waals surface area contributed by atoms with E-state index in [1.807, 2.05) is 0 Å². The molecule has 110 valence electrons. The topological polar surface area (TPSA) is 84.7 Å². The van der Waals surface area contributed by atoms with Crippen molar-refractivity contribution >= 4 is 11.8 Å². The molecule has 19 heavy (non-hydrogen) atoms. The molecular formula is C13H25N3O3. The van der Waals surface area contributed by atoms with Crippen molar-refractivity contribution in [2.75, 3.05) is 40.4 Å².